The Morgan fingerprint density at radius 2 is 2.21 bits per heavy atom. The Balaban J connectivity index is 1.73. The second-order valence-electron chi connectivity index (χ2n) is 7.10. The Kier molecular flexibility index (Phi) is 4.30. The van der Waals surface area contributed by atoms with E-state index >= 15 is 0 Å². The van der Waals surface area contributed by atoms with Crippen molar-refractivity contribution in [1.29, 1.82) is 5.26 Å². The second-order valence-corrected chi connectivity index (χ2v) is 9.36. The molecule has 0 bridgehead atoms. The molecule has 1 fully saturated rings. The average molecular weight is 394 g/mol. The van der Waals surface area contributed by atoms with Gasteiger partial charge in [-0.2, -0.15) is 5.26 Å². The Hall–Kier alpha value is -3.01. The monoisotopic (exact) mass is 394 g/mol. The SMILES string of the molecule is [C-]#[N+]C1=CC(C2(CC#N)CN(S(=O)(=O)CC)C2)C=C1c1ncnc2[nH]ccc12. The van der Waals surface area contributed by atoms with Crippen LogP contribution in [0.5, 0.6) is 0 Å². The molecule has 2 aromatic heterocycles. The maximum absolute atomic E-state index is 12.2. The molecule has 3 heterocycles. The van der Waals surface area contributed by atoms with E-state index < -0.39 is 15.4 Å². The molecule has 0 amide bonds. The quantitative estimate of drug-likeness (QED) is 0.783. The van der Waals surface area contributed by atoms with E-state index in [4.69, 9.17) is 6.57 Å². The van der Waals surface area contributed by atoms with E-state index in [0.717, 1.165) is 5.39 Å². The van der Waals surface area contributed by atoms with Crippen LogP contribution in [0.1, 0.15) is 19.0 Å². The summed E-state index contributed by atoms with van der Waals surface area (Å²) >= 11 is 0. The fourth-order valence-electron chi connectivity index (χ4n) is 3.94. The summed E-state index contributed by atoms with van der Waals surface area (Å²) < 4.78 is 25.7. The molecular formula is C19H18N6O2S. The number of sulfonamides is 1. The Morgan fingerprint density at radius 1 is 1.43 bits per heavy atom. The molecule has 1 saturated heterocycles. The summed E-state index contributed by atoms with van der Waals surface area (Å²) in [6.07, 6.45) is 7.25. The number of rotatable bonds is 5. The smallest absolute Gasteiger partial charge is 0.213 e. The molecule has 2 aromatic rings. The highest BCUT2D eigenvalue weighted by molar-refractivity contribution is 7.89. The van der Waals surface area contributed by atoms with E-state index in [2.05, 4.69) is 25.9 Å². The second kappa shape index (κ2) is 6.55. The summed E-state index contributed by atoms with van der Waals surface area (Å²) in [6, 6.07) is 4.07. The van der Waals surface area contributed by atoms with E-state index in [1.54, 1.807) is 13.1 Å². The van der Waals surface area contributed by atoms with Gasteiger partial charge in [0.2, 0.25) is 10.0 Å². The highest BCUT2D eigenvalue weighted by Crippen LogP contribution is 2.49. The highest BCUT2D eigenvalue weighted by Gasteiger charge is 2.52. The standard InChI is InChI=1S/C19H18N6O2S/c1-3-28(26,27)25-10-19(11-25,5-6-20)13-8-15(16(9-13)21-2)17-14-4-7-22-18(14)24-12-23-17/h4,7-9,12-13H,3,5,10-11H2,1H3,(H,22,23,24). The Labute approximate surface area is 163 Å². The Morgan fingerprint density at radius 3 is 2.89 bits per heavy atom. The van der Waals surface area contributed by atoms with Crippen LogP contribution in [0.15, 0.2) is 36.4 Å². The van der Waals surface area contributed by atoms with Gasteiger partial charge in [0.15, 0.2) is 5.70 Å². The van der Waals surface area contributed by atoms with Crippen LogP contribution >= 0.6 is 0 Å². The zero-order valence-corrected chi connectivity index (χ0v) is 16.1. The number of nitriles is 1. The van der Waals surface area contributed by atoms with E-state index in [0.29, 0.717) is 22.6 Å². The molecule has 4 rings (SSSR count). The number of nitrogens with zero attached hydrogens (tertiary/aromatic N) is 5. The van der Waals surface area contributed by atoms with Gasteiger partial charge in [-0.05, 0) is 18.9 Å². The number of fused-ring (bicyclic) bond motifs is 1. The minimum Gasteiger partial charge on any atom is -0.346 e. The van der Waals surface area contributed by atoms with Gasteiger partial charge in [-0.1, -0.05) is 12.2 Å². The number of aromatic nitrogens is 3. The molecule has 0 aromatic carbocycles. The molecule has 1 aliphatic heterocycles. The fourth-order valence-corrected chi connectivity index (χ4v) is 5.22. The molecule has 1 unspecified atom stereocenters. The topological polar surface area (TPSA) is 107 Å². The lowest BCUT2D eigenvalue weighted by atomic mass is 9.69. The van der Waals surface area contributed by atoms with Crippen LogP contribution in [0.4, 0.5) is 0 Å². The Bertz CT molecular complexity index is 1190. The van der Waals surface area contributed by atoms with Crippen molar-refractivity contribution < 1.29 is 8.42 Å². The zero-order valence-electron chi connectivity index (χ0n) is 15.3. The van der Waals surface area contributed by atoms with Crippen molar-refractivity contribution in [2.24, 2.45) is 11.3 Å². The zero-order chi connectivity index (χ0) is 19.9. The molecule has 9 heteroatoms. The van der Waals surface area contributed by atoms with Crippen LogP contribution < -0.4 is 0 Å². The van der Waals surface area contributed by atoms with Gasteiger partial charge in [-0.25, -0.2) is 27.5 Å². The molecule has 1 aliphatic carbocycles. The maximum atomic E-state index is 12.2. The minimum absolute atomic E-state index is 0.0386. The lowest BCUT2D eigenvalue weighted by molar-refractivity contribution is 0.0493. The van der Waals surface area contributed by atoms with Crippen LogP contribution in [0.2, 0.25) is 0 Å². The van der Waals surface area contributed by atoms with Crippen molar-refractivity contribution in [2.45, 2.75) is 13.3 Å². The summed E-state index contributed by atoms with van der Waals surface area (Å²) in [6.45, 7) is 9.77. The van der Waals surface area contributed by atoms with Crippen molar-refractivity contribution >= 4 is 26.6 Å². The van der Waals surface area contributed by atoms with Gasteiger partial charge >= 0.3 is 0 Å². The largest absolute Gasteiger partial charge is 0.346 e. The molecule has 28 heavy (non-hydrogen) atoms. The molecule has 8 nitrogen and oxygen atoms in total. The van der Waals surface area contributed by atoms with Gasteiger partial charge in [0, 0.05) is 42.1 Å². The third-order valence-electron chi connectivity index (χ3n) is 5.57. The number of hydrogen-bond acceptors (Lipinski definition) is 5. The first-order chi connectivity index (χ1) is 13.4. The van der Waals surface area contributed by atoms with E-state index in [1.165, 1.54) is 10.6 Å². The first-order valence-electron chi connectivity index (χ1n) is 8.89. The number of allylic oxidation sites excluding steroid dienone is 3. The summed E-state index contributed by atoms with van der Waals surface area (Å²) in [4.78, 5) is 15.3. The van der Waals surface area contributed by atoms with E-state index in [1.807, 2.05) is 18.2 Å². The molecule has 142 valence electrons. The number of hydrogen-bond donors (Lipinski definition) is 1. The summed E-state index contributed by atoms with van der Waals surface area (Å²) in [5, 5.41) is 10.2. The van der Waals surface area contributed by atoms with E-state index in [9.17, 15) is 13.7 Å². The van der Waals surface area contributed by atoms with Crippen molar-refractivity contribution in [3.63, 3.8) is 0 Å². The minimum atomic E-state index is -3.29. The summed E-state index contributed by atoms with van der Waals surface area (Å²) in [5.41, 5.74) is 2.02. The fraction of sp³-hybridized carbons (Fsp3) is 0.368. The molecule has 1 atom stereocenters. The number of aromatic amines is 1. The highest BCUT2D eigenvalue weighted by atomic mass is 32.2. The number of H-pyrrole nitrogens is 1. The van der Waals surface area contributed by atoms with Crippen molar-refractivity contribution in [1.82, 2.24) is 19.3 Å². The first kappa shape index (κ1) is 18.4. The van der Waals surface area contributed by atoms with Crippen LogP contribution in [-0.4, -0.2) is 46.5 Å². The van der Waals surface area contributed by atoms with Gasteiger partial charge in [0.05, 0.1) is 24.1 Å². The predicted octanol–water partition coefficient (Wildman–Crippen LogP) is 2.34. The third-order valence-corrected chi connectivity index (χ3v) is 7.34. The summed E-state index contributed by atoms with van der Waals surface area (Å²) in [5.74, 6) is -0.157. The molecular weight excluding hydrogens is 376 g/mol. The molecule has 0 saturated carbocycles. The van der Waals surface area contributed by atoms with Crippen LogP contribution in [-0.2, 0) is 10.0 Å². The van der Waals surface area contributed by atoms with Crippen molar-refractivity contribution in [3.8, 4) is 6.07 Å². The van der Waals surface area contributed by atoms with Crippen molar-refractivity contribution in [2.75, 3.05) is 18.8 Å². The third kappa shape index (κ3) is 2.71. The lowest BCUT2D eigenvalue weighted by Crippen LogP contribution is -2.61. The van der Waals surface area contributed by atoms with Gasteiger partial charge in [-0.15, -0.1) is 0 Å². The van der Waals surface area contributed by atoms with Crippen LogP contribution in [0.3, 0.4) is 0 Å². The van der Waals surface area contributed by atoms with Crippen LogP contribution in [0.25, 0.3) is 21.5 Å². The lowest BCUT2D eigenvalue weighted by Gasteiger charge is -2.50. The molecule has 1 N–H and O–H groups in total. The molecule has 0 spiro atoms. The van der Waals surface area contributed by atoms with E-state index in [-0.39, 0.29) is 31.2 Å². The van der Waals surface area contributed by atoms with Gasteiger partial charge in [-0.3, -0.25) is 0 Å². The predicted molar refractivity (Wildman–Crippen MR) is 104 cm³/mol. The maximum Gasteiger partial charge on any atom is 0.213 e. The molecule has 0 radical (unpaired) electrons. The number of nitrogens with one attached hydrogen (secondary N) is 1. The summed E-state index contributed by atoms with van der Waals surface area (Å²) in [7, 11) is -3.29. The van der Waals surface area contributed by atoms with Crippen LogP contribution in [0, 0.1) is 29.2 Å². The van der Waals surface area contributed by atoms with Gasteiger partial charge in [0.25, 0.3) is 0 Å². The molecule has 2 aliphatic rings. The van der Waals surface area contributed by atoms with Gasteiger partial charge < -0.3 is 4.98 Å². The average Bonchev–Trinajstić information content (AvgIpc) is 3.30. The van der Waals surface area contributed by atoms with Crippen molar-refractivity contribution in [3.05, 3.63) is 53.6 Å². The first-order valence-corrected chi connectivity index (χ1v) is 10.5. The normalized spacial score (nSPS) is 21.5. The van der Waals surface area contributed by atoms with Gasteiger partial charge in [0.1, 0.15) is 12.0 Å².